The van der Waals surface area contributed by atoms with Crippen molar-refractivity contribution in [3.05, 3.63) is 58.7 Å². The van der Waals surface area contributed by atoms with Gasteiger partial charge < -0.3 is 5.73 Å². The minimum Gasteiger partial charge on any atom is -0.320 e. The van der Waals surface area contributed by atoms with Gasteiger partial charge >= 0.3 is 0 Å². The van der Waals surface area contributed by atoms with Gasteiger partial charge in [0, 0.05) is 11.8 Å². The zero-order valence-corrected chi connectivity index (χ0v) is 9.81. The fourth-order valence-corrected chi connectivity index (χ4v) is 1.97. The quantitative estimate of drug-likeness (QED) is 0.862. The van der Waals surface area contributed by atoms with E-state index in [0.717, 1.165) is 16.7 Å². The normalized spacial score (nSPS) is 12.5. The fourth-order valence-electron chi connectivity index (χ4n) is 1.97. The van der Waals surface area contributed by atoms with Crippen LogP contribution in [0.3, 0.4) is 0 Å². The average Bonchev–Trinajstić information content (AvgIpc) is 2.28. The number of benzene rings is 1. The third-order valence-electron chi connectivity index (χ3n) is 2.76. The average molecular weight is 231 g/mol. The molecule has 3 nitrogen and oxygen atoms in total. The van der Waals surface area contributed by atoms with Crippen molar-refractivity contribution in [1.29, 1.82) is 0 Å². The minimum absolute atomic E-state index is 0.271. The van der Waals surface area contributed by atoms with Crippen LogP contribution in [-0.2, 0) is 0 Å². The highest BCUT2D eigenvalue weighted by Gasteiger charge is 2.16. The van der Waals surface area contributed by atoms with Crippen molar-refractivity contribution >= 4 is 0 Å². The maximum atomic E-state index is 13.9. The molecular weight excluding hydrogens is 217 g/mol. The van der Waals surface area contributed by atoms with Gasteiger partial charge in [0.05, 0.1) is 12.2 Å². The second-order valence-corrected chi connectivity index (χ2v) is 4.13. The standard InChI is InChI=1S/C13H14FN3/c1-8-5-9(2)12(11(14)6-8)13(15)10-3-4-16-17-7-10/h3-7,13H,15H2,1-2H3. The molecule has 0 saturated heterocycles. The van der Waals surface area contributed by atoms with Crippen LogP contribution in [0.1, 0.15) is 28.3 Å². The molecule has 0 saturated carbocycles. The Kier molecular flexibility index (Phi) is 3.15. The molecule has 2 N–H and O–H groups in total. The van der Waals surface area contributed by atoms with E-state index in [1.165, 1.54) is 6.07 Å². The highest BCUT2D eigenvalue weighted by molar-refractivity contribution is 5.38. The summed E-state index contributed by atoms with van der Waals surface area (Å²) in [5.74, 6) is -0.271. The van der Waals surface area contributed by atoms with Gasteiger partial charge in [-0.1, -0.05) is 6.07 Å². The molecule has 4 heteroatoms. The van der Waals surface area contributed by atoms with E-state index in [2.05, 4.69) is 10.2 Å². The predicted molar refractivity (Wildman–Crippen MR) is 63.9 cm³/mol. The van der Waals surface area contributed by atoms with Gasteiger partial charge in [-0.15, -0.1) is 0 Å². The fraction of sp³-hybridized carbons (Fsp3) is 0.231. The Hall–Kier alpha value is -1.81. The van der Waals surface area contributed by atoms with Crippen molar-refractivity contribution in [2.75, 3.05) is 0 Å². The Bertz CT molecular complexity index is 502. The molecule has 1 atom stereocenters. The van der Waals surface area contributed by atoms with Gasteiger partial charge in [0.25, 0.3) is 0 Å². The van der Waals surface area contributed by atoms with E-state index in [1.807, 2.05) is 19.9 Å². The van der Waals surface area contributed by atoms with E-state index in [1.54, 1.807) is 18.5 Å². The molecule has 0 aliphatic heterocycles. The van der Waals surface area contributed by atoms with Crippen LogP contribution in [0.2, 0.25) is 0 Å². The van der Waals surface area contributed by atoms with Crippen molar-refractivity contribution in [2.45, 2.75) is 19.9 Å². The second-order valence-electron chi connectivity index (χ2n) is 4.13. The molecule has 0 spiro atoms. The Morgan fingerprint density at radius 2 is 2.00 bits per heavy atom. The minimum atomic E-state index is -0.508. The van der Waals surface area contributed by atoms with E-state index in [0.29, 0.717) is 5.56 Å². The SMILES string of the molecule is Cc1cc(C)c(C(N)c2ccnnc2)c(F)c1. The van der Waals surface area contributed by atoms with E-state index >= 15 is 0 Å². The van der Waals surface area contributed by atoms with Crippen LogP contribution < -0.4 is 5.73 Å². The molecule has 1 aromatic carbocycles. The zero-order chi connectivity index (χ0) is 12.4. The molecule has 1 unspecified atom stereocenters. The maximum absolute atomic E-state index is 13.9. The summed E-state index contributed by atoms with van der Waals surface area (Å²) in [6.07, 6.45) is 3.11. The highest BCUT2D eigenvalue weighted by atomic mass is 19.1. The third kappa shape index (κ3) is 2.31. The molecule has 1 aromatic heterocycles. The van der Waals surface area contributed by atoms with Crippen LogP contribution in [0.5, 0.6) is 0 Å². The lowest BCUT2D eigenvalue weighted by Gasteiger charge is -2.16. The first-order chi connectivity index (χ1) is 8.09. The molecule has 0 aliphatic carbocycles. The van der Waals surface area contributed by atoms with Gasteiger partial charge in [-0.05, 0) is 42.7 Å². The lowest BCUT2D eigenvalue weighted by molar-refractivity contribution is 0.595. The van der Waals surface area contributed by atoms with Crippen LogP contribution in [0.4, 0.5) is 4.39 Å². The lowest BCUT2D eigenvalue weighted by Crippen LogP contribution is -2.15. The second kappa shape index (κ2) is 4.59. The van der Waals surface area contributed by atoms with Gasteiger partial charge in [0.1, 0.15) is 5.82 Å². The van der Waals surface area contributed by atoms with Crippen LogP contribution in [-0.4, -0.2) is 10.2 Å². The van der Waals surface area contributed by atoms with Crippen molar-refractivity contribution in [1.82, 2.24) is 10.2 Å². The van der Waals surface area contributed by atoms with Crippen molar-refractivity contribution in [2.24, 2.45) is 5.73 Å². The van der Waals surface area contributed by atoms with Gasteiger partial charge in [0.15, 0.2) is 0 Å². The first-order valence-corrected chi connectivity index (χ1v) is 5.38. The van der Waals surface area contributed by atoms with E-state index in [9.17, 15) is 4.39 Å². The van der Waals surface area contributed by atoms with Gasteiger partial charge in [-0.2, -0.15) is 10.2 Å². The number of hydrogen-bond donors (Lipinski definition) is 1. The smallest absolute Gasteiger partial charge is 0.128 e. The number of halogens is 1. The van der Waals surface area contributed by atoms with E-state index in [-0.39, 0.29) is 5.82 Å². The Labute approximate surface area is 99.5 Å². The monoisotopic (exact) mass is 231 g/mol. The van der Waals surface area contributed by atoms with Crippen LogP contribution in [0.15, 0.2) is 30.6 Å². The number of nitrogens with two attached hydrogens (primary N) is 1. The van der Waals surface area contributed by atoms with E-state index in [4.69, 9.17) is 5.73 Å². The molecule has 0 fully saturated rings. The summed E-state index contributed by atoms with van der Waals surface area (Å²) >= 11 is 0. The molecule has 88 valence electrons. The molecule has 17 heavy (non-hydrogen) atoms. The molecule has 2 rings (SSSR count). The summed E-state index contributed by atoms with van der Waals surface area (Å²) in [4.78, 5) is 0. The molecule has 0 radical (unpaired) electrons. The van der Waals surface area contributed by atoms with Crippen LogP contribution in [0, 0.1) is 19.7 Å². The summed E-state index contributed by atoms with van der Waals surface area (Å²) < 4.78 is 13.9. The number of aromatic nitrogens is 2. The zero-order valence-electron chi connectivity index (χ0n) is 9.81. The number of rotatable bonds is 2. The first-order valence-electron chi connectivity index (χ1n) is 5.38. The topological polar surface area (TPSA) is 51.8 Å². The predicted octanol–water partition coefficient (Wildman–Crippen LogP) is 2.28. The number of nitrogens with zero attached hydrogens (tertiary/aromatic N) is 2. The number of aryl methyl sites for hydroxylation is 2. The molecule has 0 aliphatic rings. The van der Waals surface area contributed by atoms with Gasteiger partial charge in [-0.3, -0.25) is 0 Å². The van der Waals surface area contributed by atoms with Crippen molar-refractivity contribution in [3.63, 3.8) is 0 Å². The summed E-state index contributed by atoms with van der Waals surface area (Å²) in [5.41, 5.74) is 9.08. The summed E-state index contributed by atoms with van der Waals surface area (Å²) in [5, 5.41) is 7.44. The van der Waals surface area contributed by atoms with Crippen molar-refractivity contribution < 1.29 is 4.39 Å². The largest absolute Gasteiger partial charge is 0.320 e. The Morgan fingerprint density at radius 1 is 1.24 bits per heavy atom. The number of hydrogen-bond acceptors (Lipinski definition) is 3. The van der Waals surface area contributed by atoms with Gasteiger partial charge in [0.2, 0.25) is 0 Å². The Morgan fingerprint density at radius 3 is 2.59 bits per heavy atom. The van der Waals surface area contributed by atoms with Crippen LogP contribution >= 0.6 is 0 Å². The Balaban J connectivity index is 2.48. The molecule has 2 aromatic rings. The lowest BCUT2D eigenvalue weighted by atomic mass is 9.95. The van der Waals surface area contributed by atoms with Gasteiger partial charge in [-0.25, -0.2) is 4.39 Å². The summed E-state index contributed by atoms with van der Waals surface area (Å²) in [6, 6.07) is 4.66. The highest BCUT2D eigenvalue weighted by Crippen LogP contribution is 2.25. The molecule has 0 bridgehead atoms. The molecule has 1 heterocycles. The first kappa shape index (κ1) is 11.7. The van der Waals surface area contributed by atoms with E-state index < -0.39 is 6.04 Å². The molecular formula is C13H14FN3. The summed E-state index contributed by atoms with van der Waals surface area (Å²) in [6.45, 7) is 3.72. The maximum Gasteiger partial charge on any atom is 0.128 e. The van der Waals surface area contributed by atoms with Crippen LogP contribution in [0.25, 0.3) is 0 Å². The summed E-state index contributed by atoms with van der Waals surface area (Å²) in [7, 11) is 0. The van der Waals surface area contributed by atoms with Crippen molar-refractivity contribution in [3.8, 4) is 0 Å². The molecule has 0 amide bonds. The third-order valence-corrected chi connectivity index (χ3v) is 2.76.